The maximum atomic E-state index is 13.9. The number of carbonyl (C=O) groups excluding carboxylic acids is 1. The smallest absolute Gasteiger partial charge is 0.180 e. The van der Waals surface area contributed by atoms with Gasteiger partial charge >= 0.3 is 0 Å². The normalized spacial score (nSPS) is 22.1. The molecule has 0 radical (unpaired) electrons. The molecule has 0 amide bonds. The number of rotatable bonds is 11. The highest BCUT2D eigenvalue weighted by Gasteiger charge is 2.42. The van der Waals surface area contributed by atoms with Gasteiger partial charge in [-0.3, -0.25) is 5.32 Å². The van der Waals surface area contributed by atoms with Crippen molar-refractivity contribution in [3.05, 3.63) is 59.2 Å². The van der Waals surface area contributed by atoms with Crippen molar-refractivity contribution in [2.24, 2.45) is 0 Å². The first-order chi connectivity index (χ1) is 17.1. The van der Waals surface area contributed by atoms with Gasteiger partial charge in [0.15, 0.2) is 9.84 Å². The summed E-state index contributed by atoms with van der Waals surface area (Å²) in [6, 6.07) is 11.4. The van der Waals surface area contributed by atoms with Gasteiger partial charge in [-0.05, 0) is 43.0 Å². The molecule has 0 saturated heterocycles. The van der Waals surface area contributed by atoms with Crippen molar-refractivity contribution >= 4 is 15.8 Å². The van der Waals surface area contributed by atoms with Gasteiger partial charge in [-0.15, -0.1) is 0 Å². The molecule has 2 aromatic carbocycles. The Morgan fingerprint density at radius 3 is 2.49 bits per heavy atom. The summed E-state index contributed by atoms with van der Waals surface area (Å²) in [5.74, 6) is -1.05. The lowest BCUT2D eigenvalue weighted by Gasteiger charge is -2.36. The van der Waals surface area contributed by atoms with Crippen molar-refractivity contribution in [1.82, 2.24) is 16.8 Å². The molecule has 9 nitrogen and oxygen atoms in total. The van der Waals surface area contributed by atoms with E-state index in [0.29, 0.717) is 23.3 Å². The van der Waals surface area contributed by atoms with E-state index in [2.05, 4.69) is 17.6 Å². The van der Waals surface area contributed by atoms with Crippen LogP contribution in [0.4, 0.5) is 0 Å². The molecular formula is C27H41N3O6S. The predicted molar refractivity (Wildman–Crippen MR) is 142 cm³/mol. The van der Waals surface area contributed by atoms with Gasteiger partial charge in [0.1, 0.15) is 5.75 Å². The van der Waals surface area contributed by atoms with Crippen molar-refractivity contribution < 1.29 is 28.2 Å². The van der Waals surface area contributed by atoms with E-state index in [1.165, 1.54) is 14.0 Å². The number of sulfone groups is 1. The fourth-order valence-corrected chi connectivity index (χ4v) is 7.10. The molecule has 0 aliphatic carbocycles. The van der Waals surface area contributed by atoms with Gasteiger partial charge in [0, 0.05) is 17.6 Å². The molecule has 0 aromatic heterocycles. The van der Waals surface area contributed by atoms with E-state index in [1.807, 2.05) is 37.3 Å². The maximum Gasteiger partial charge on any atom is 0.180 e. The second-order valence-corrected chi connectivity index (χ2v) is 11.6. The van der Waals surface area contributed by atoms with Crippen LogP contribution in [0, 0.1) is 0 Å². The summed E-state index contributed by atoms with van der Waals surface area (Å²) in [7, 11) is -2.22. The number of methoxy groups -OCH3 is 1. The van der Waals surface area contributed by atoms with Crippen molar-refractivity contribution in [2.45, 2.75) is 81.6 Å². The van der Waals surface area contributed by atoms with Crippen molar-refractivity contribution in [1.29, 1.82) is 0 Å². The average molecular weight is 536 g/mol. The van der Waals surface area contributed by atoms with Gasteiger partial charge in [0.2, 0.25) is 0 Å². The number of fused-ring (bicyclic) bond motifs is 1. The molecule has 37 heavy (non-hydrogen) atoms. The topological polar surface area (TPSA) is 164 Å². The summed E-state index contributed by atoms with van der Waals surface area (Å²) < 4.78 is 33.4. The van der Waals surface area contributed by atoms with Crippen LogP contribution in [0.5, 0.6) is 5.75 Å². The molecule has 206 valence electrons. The van der Waals surface area contributed by atoms with E-state index in [4.69, 9.17) is 4.74 Å². The molecule has 0 unspecified atom stereocenters. The monoisotopic (exact) mass is 535 g/mol. The summed E-state index contributed by atoms with van der Waals surface area (Å²) in [6.45, 7) is 5.44. The lowest BCUT2D eigenvalue weighted by Crippen LogP contribution is -2.51. The van der Waals surface area contributed by atoms with Gasteiger partial charge in [0.05, 0.1) is 41.9 Å². The quantitative estimate of drug-likeness (QED) is 0.341. The number of quaternary nitrogens is 1. The van der Waals surface area contributed by atoms with E-state index >= 15 is 0 Å². The Balaban J connectivity index is 0.00000481. The summed E-state index contributed by atoms with van der Waals surface area (Å²) in [6.07, 6.45) is 2.04. The Bertz CT molecular complexity index is 1160. The van der Waals surface area contributed by atoms with Crippen molar-refractivity contribution in [3.63, 3.8) is 0 Å². The van der Waals surface area contributed by atoms with Gasteiger partial charge in [0.25, 0.3) is 0 Å². The molecule has 1 heterocycles. The van der Waals surface area contributed by atoms with Gasteiger partial charge in [-0.25, -0.2) is 8.42 Å². The minimum absolute atomic E-state index is 0. The Labute approximate surface area is 220 Å². The second kappa shape index (κ2) is 12.8. The van der Waals surface area contributed by atoms with Crippen molar-refractivity contribution in [2.75, 3.05) is 12.9 Å². The molecule has 1 aliphatic heterocycles. The highest BCUT2D eigenvalue weighted by atomic mass is 32.2. The van der Waals surface area contributed by atoms with E-state index in [-0.39, 0.29) is 29.4 Å². The first-order valence-electron chi connectivity index (χ1n) is 12.5. The lowest BCUT2D eigenvalue weighted by atomic mass is 9.88. The minimum Gasteiger partial charge on any atom is -0.548 e. The fourth-order valence-electron chi connectivity index (χ4n) is 4.93. The number of carboxylic acids is 1. The average Bonchev–Trinajstić information content (AvgIpc) is 2.94. The zero-order valence-electron chi connectivity index (χ0n) is 22.4. The zero-order chi connectivity index (χ0) is 26.5. The lowest BCUT2D eigenvalue weighted by molar-refractivity contribution is -0.310. The van der Waals surface area contributed by atoms with Crippen LogP contribution >= 0.6 is 0 Å². The van der Waals surface area contributed by atoms with Crippen LogP contribution in [0.25, 0.3) is 0 Å². The third kappa shape index (κ3) is 6.88. The number of aliphatic hydroxyl groups excluding tert-OH is 1. The number of aliphatic hydroxyl groups is 1. The van der Waals surface area contributed by atoms with Crippen LogP contribution in [-0.4, -0.2) is 50.0 Å². The standard InChI is InChI=1S/C27H38N2O6S.H3N/c1-5-7-13-27(6-2)17-36(33,34)23-14-20(16-28-24(18(3)30)26(31)32)22(35-4)15-21(23)25(29-27)19-11-9-8-10-12-19;/h8-12,14-15,18,24-25,28-30H,5-7,13,16-17H2,1-4H3,(H,31,32);1H3/t18-,24+,25-,27-;/m1./s1. The van der Waals surface area contributed by atoms with Crippen LogP contribution < -0.4 is 26.6 Å². The van der Waals surface area contributed by atoms with Gasteiger partial charge in [-0.2, -0.15) is 0 Å². The molecular weight excluding hydrogens is 494 g/mol. The van der Waals surface area contributed by atoms with Crippen molar-refractivity contribution in [3.8, 4) is 5.75 Å². The third-order valence-corrected chi connectivity index (χ3v) is 9.00. The number of hydrogen-bond acceptors (Lipinski definition) is 8. The number of carbonyl (C=O) groups is 1. The first-order valence-corrected chi connectivity index (χ1v) is 14.1. The van der Waals surface area contributed by atoms with E-state index in [9.17, 15) is 23.4 Å². The van der Waals surface area contributed by atoms with E-state index in [0.717, 1.165) is 24.8 Å². The minimum atomic E-state index is -3.71. The fraction of sp³-hybridized carbons (Fsp3) is 0.519. The van der Waals surface area contributed by atoms with Gasteiger partial charge < -0.3 is 31.2 Å². The summed E-state index contributed by atoms with van der Waals surface area (Å²) in [5.41, 5.74) is 1.42. The number of aliphatic carboxylic acids is 1. The van der Waals surface area contributed by atoms with Crippen LogP contribution in [0.1, 0.15) is 69.2 Å². The molecule has 1 aliphatic rings. The maximum absolute atomic E-state index is 13.9. The first kappa shape index (κ1) is 30.7. The molecule has 0 spiro atoms. The molecule has 0 saturated carbocycles. The Hall–Kier alpha value is -2.50. The largest absolute Gasteiger partial charge is 0.548 e. The number of nitrogens with one attached hydrogen (secondary N) is 2. The van der Waals surface area contributed by atoms with E-state index < -0.39 is 33.5 Å². The summed E-state index contributed by atoms with van der Waals surface area (Å²) in [5, 5.41) is 27.7. The molecule has 0 bridgehead atoms. The molecule has 7 N–H and O–H groups in total. The SMILES string of the molecule is CCCC[C@]1(CC)CS(=O)(=O)c2cc(CN[C@H](C(=O)[O-])[C@@H](C)O)c(OC)cc2[C@@H](c2ccccc2)N1.[NH4+]. The second-order valence-electron chi connectivity index (χ2n) is 9.60. The number of unbranched alkanes of at least 4 members (excludes halogenated alkanes) is 1. The number of benzene rings is 2. The van der Waals surface area contributed by atoms with Crippen LogP contribution in [0.2, 0.25) is 0 Å². The highest BCUT2D eigenvalue weighted by molar-refractivity contribution is 7.91. The molecule has 2 aromatic rings. The number of ether oxygens (including phenoxy) is 1. The summed E-state index contributed by atoms with van der Waals surface area (Å²) in [4.78, 5) is 11.6. The van der Waals surface area contributed by atoms with Crippen LogP contribution in [0.3, 0.4) is 0 Å². The number of hydrogen-bond donors (Lipinski definition) is 4. The predicted octanol–water partition coefficient (Wildman–Crippen LogP) is 2.47. The third-order valence-electron chi connectivity index (χ3n) is 7.04. The molecule has 0 fully saturated rings. The highest BCUT2D eigenvalue weighted by Crippen LogP contribution is 2.40. The Morgan fingerprint density at radius 2 is 1.95 bits per heavy atom. The number of carboxylic acid groups (broad SMARTS) is 1. The Morgan fingerprint density at radius 1 is 1.27 bits per heavy atom. The van der Waals surface area contributed by atoms with Gasteiger partial charge in [-0.1, -0.05) is 57.0 Å². The molecule has 10 heteroatoms. The van der Waals surface area contributed by atoms with Crippen LogP contribution in [-0.2, 0) is 21.2 Å². The molecule has 4 atom stereocenters. The Kier molecular flexibility index (Phi) is 10.7. The molecule has 3 rings (SSSR count). The summed E-state index contributed by atoms with van der Waals surface area (Å²) >= 11 is 0. The van der Waals surface area contributed by atoms with Crippen LogP contribution in [0.15, 0.2) is 47.4 Å². The zero-order valence-corrected chi connectivity index (χ0v) is 23.2. The van der Waals surface area contributed by atoms with E-state index in [1.54, 1.807) is 12.1 Å².